The number of methoxy groups -OCH3 is 1. The lowest BCUT2D eigenvalue weighted by molar-refractivity contribution is -0.145. The molecule has 0 aromatic heterocycles. The predicted molar refractivity (Wildman–Crippen MR) is 79.4 cm³/mol. The SMILES string of the molecule is COc1cc(C)ccc1NC(=O)C1CC(C)CC1C(=O)O. The van der Waals surface area contributed by atoms with Crippen LogP contribution in [0.4, 0.5) is 5.69 Å². The van der Waals surface area contributed by atoms with Crippen LogP contribution >= 0.6 is 0 Å². The van der Waals surface area contributed by atoms with Crippen molar-refractivity contribution in [1.82, 2.24) is 0 Å². The van der Waals surface area contributed by atoms with Gasteiger partial charge in [-0.25, -0.2) is 0 Å². The number of carbonyl (C=O) groups is 2. The van der Waals surface area contributed by atoms with Crippen molar-refractivity contribution in [3.63, 3.8) is 0 Å². The molecule has 1 amide bonds. The molecule has 0 heterocycles. The second-order valence-electron chi connectivity index (χ2n) is 5.82. The summed E-state index contributed by atoms with van der Waals surface area (Å²) < 4.78 is 5.25. The maximum absolute atomic E-state index is 12.4. The van der Waals surface area contributed by atoms with Gasteiger partial charge < -0.3 is 15.2 Å². The first-order chi connectivity index (χ1) is 9.92. The minimum atomic E-state index is -0.893. The Morgan fingerprint density at radius 1 is 1.29 bits per heavy atom. The third-order valence-corrected chi connectivity index (χ3v) is 4.07. The minimum absolute atomic E-state index is 0.242. The molecular formula is C16H21NO4. The van der Waals surface area contributed by atoms with Crippen molar-refractivity contribution in [2.75, 3.05) is 12.4 Å². The van der Waals surface area contributed by atoms with Crippen LogP contribution in [0.25, 0.3) is 0 Å². The zero-order valence-electron chi connectivity index (χ0n) is 12.6. The molecule has 5 nitrogen and oxygen atoms in total. The van der Waals surface area contributed by atoms with Crippen molar-refractivity contribution in [3.05, 3.63) is 23.8 Å². The highest BCUT2D eigenvalue weighted by Crippen LogP contribution is 2.37. The molecule has 0 bridgehead atoms. The summed E-state index contributed by atoms with van der Waals surface area (Å²) in [7, 11) is 1.54. The Kier molecular flexibility index (Phi) is 4.50. The molecule has 5 heteroatoms. The van der Waals surface area contributed by atoms with Gasteiger partial charge in [-0.2, -0.15) is 0 Å². The third-order valence-electron chi connectivity index (χ3n) is 4.07. The third kappa shape index (κ3) is 3.35. The van der Waals surface area contributed by atoms with E-state index < -0.39 is 17.8 Å². The van der Waals surface area contributed by atoms with Crippen LogP contribution in [0.15, 0.2) is 18.2 Å². The van der Waals surface area contributed by atoms with E-state index in [4.69, 9.17) is 4.74 Å². The number of rotatable bonds is 4. The van der Waals surface area contributed by atoms with E-state index in [9.17, 15) is 14.7 Å². The molecule has 3 unspecified atom stereocenters. The quantitative estimate of drug-likeness (QED) is 0.894. The highest BCUT2D eigenvalue weighted by Gasteiger charge is 2.41. The van der Waals surface area contributed by atoms with Crippen LogP contribution in [0, 0.1) is 24.7 Å². The van der Waals surface area contributed by atoms with Crippen molar-refractivity contribution in [1.29, 1.82) is 0 Å². The number of carboxylic acids is 1. The molecule has 0 radical (unpaired) electrons. The number of anilines is 1. The zero-order chi connectivity index (χ0) is 15.6. The van der Waals surface area contributed by atoms with Crippen molar-refractivity contribution in [3.8, 4) is 5.75 Å². The van der Waals surface area contributed by atoms with Crippen molar-refractivity contribution in [2.24, 2.45) is 17.8 Å². The first-order valence-corrected chi connectivity index (χ1v) is 7.10. The summed E-state index contributed by atoms with van der Waals surface area (Å²) in [6.07, 6.45) is 1.16. The van der Waals surface area contributed by atoms with Gasteiger partial charge >= 0.3 is 5.97 Å². The van der Waals surface area contributed by atoms with Crippen LogP contribution in [-0.4, -0.2) is 24.1 Å². The van der Waals surface area contributed by atoms with E-state index in [2.05, 4.69) is 5.32 Å². The predicted octanol–water partition coefficient (Wildman–Crippen LogP) is 2.69. The number of carboxylic acid groups (broad SMARTS) is 1. The molecule has 1 aromatic carbocycles. The van der Waals surface area contributed by atoms with E-state index in [1.807, 2.05) is 26.0 Å². The molecule has 0 aliphatic heterocycles. The van der Waals surface area contributed by atoms with Gasteiger partial charge in [-0.15, -0.1) is 0 Å². The number of aliphatic carboxylic acids is 1. The molecule has 1 saturated carbocycles. The van der Waals surface area contributed by atoms with Gasteiger partial charge in [0.1, 0.15) is 5.75 Å². The van der Waals surface area contributed by atoms with E-state index in [0.717, 1.165) is 5.56 Å². The molecule has 1 aliphatic rings. The van der Waals surface area contributed by atoms with Gasteiger partial charge in [0.25, 0.3) is 0 Å². The average molecular weight is 291 g/mol. The van der Waals surface area contributed by atoms with Gasteiger partial charge in [0.2, 0.25) is 5.91 Å². The van der Waals surface area contributed by atoms with E-state index in [1.165, 1.54) is 0 Å². The lowest BCUT2D eigenvalue weighted by Crippen LogP contribution is -2.30. The number of amides is 1. The zero-order valence-corrected chi connectivity index (χ0v) is 12.6. The second kappa shape index (κ2) is 6.16. The summed E-state index contributed by atoms with van der Waals surface area (Å²) in [4.78, 5) is 23.7. The fraction of sp³-hybridized carbons (Fsp3) is 0.500. The van der Waals surface area contributed by atoms with Crippen LogP contribution in [0.1, 0.15) is 25.3 Å². The van der Waals surface area contributed by atoms with E-state index >= 15 is 0 Å². The van der Waals surface area contributed by atoms with Gasteiger partial charge in [0.15, 0.2) is 0 Å². The molecule has 0 saturated heterocycles. The van der Waals surface area contributed by atoms with Crippen molar-refractivity contribution >= 4 is 17.6 Å². The van der Waals surface area contributed by atoms with Crippen LogP contribution < -0.4 is 10.1 Å². The van der Waals surface area contributed by atoms with Gasteiger partial charge in [-0.3, -0.25) is 9.59 Å². The molecular weight excluding hydrogens is 270 g/mol. The Morgan fingerprint density at radius 3 is 2.57 bits per heavy atom. The molecule has 21 heavy (non-hydrogen) atoms. The van der Waals surface area contributed by atoms with Crippen molar-refractivity contribution in [2.45, 2.75) is 26.7 Å². The number of nitrogens with one attached hydrogen (secondary N) is 1. The largest absolute Gasteiger partial charge is 0.495 e. The molecule has 0 spiro atoms. The normalized spacial score (nSPS) is 24.6. The lowest BCUT2D eigenvalue weighted by atomic mass is 9.95. The maximum atomic E-state index is 12.4. The summed E-state index contributed by atoms with van der Waals surface area (Å²) >= 11 is 0. The number of hydrogen-bond donors (Lipinski definition) is 2. The van der Waals surface area contributed by atoms with Crippen LogP contribution in [0.5, 0.6) is 5.75 Å². The van der Waals surface area contributed by atoms with Crippen LogP contribution in [-0.2, 0) is 9.59 Å². The Hall–Kier alpha value is -2.04. The first-order valence-electron chi connectivity index (χ1n) is 7.10. The highest BCUT2D eigenvalue weighted by atomic mass is 16.5. The van der Waals surface area contributed by atoms with E-state index in [0.29, 0.717) is 24.3 Å². The average Bonchev–Trinajstić information content (AvgIpc) is 2.83. The van der Waals surface area contributed by atoms with Gasteiger partial charge in [-0.1, -0.05) is 13.0 Å². The smallest absolute Gasteiger partial charge is 0.307 e. The Morgan fingerprint density at radius 2 is 1.95 bits per heavy atom. The lowest BCUT2D eigenvalue weighted by Gasteiger charge is -2.17. The summed E-state index contributed by atoms with van der Waals surface area (Å²) in [5.41, 5.74) is 1.61. The number of hydrogen-bond acceptors (Lipinski definition) is 3. The molecule has 2 N–H and O–H groups in total. The van der Waals surface area contributed by atoms with E-state index in [-0.39, 0.29) is 11.8 Å². The number of carbonyl (C=O) groups excluding carboxylic acids is 1. The fourth-order valence-electron chi connectivity index (χ4n) is 2.98. The standard InChI is InChI=1S/C16H21NO4/c1-9-4-5-13(14(8-9)21-3)17-15(18)11-6-10(2)7-12(11)16(19)20/h4-5,8,10-12H,6-7H2,1-3H3,(H,17,18)(H,19,20). The Labute approximate surface area is 124 Å². The minimum Gasteiger partial charge on any atom is -0.495 e. The summed E-state index contributed by atoms with van der Waals surface area (Å²) in [6.45, 7) is 3.92. The summed E-state index contributed by atoms with van der Waals surface area (Å²) in [5.74, 6) is -1.38. The van der Waals surface area contributed by atoms with Gasteiger partial charge in [0.05, 0.1) is 24.6 Å². The topological polar surface area (TPSA) is 75.6 Å². The molecule has 114 valence electrons. The number of benzene rings is 1. The van der Waals surface area contributed by atoms with Crippen LogP contribution in [0.2, 0.25) is 0 Å². The summed E-state index contributed by atoms with van der Waals surface area (Å²) in [5, 5.41) is 12.1. The van der Waals surface area contributed by atoms with Gasteiger partial charge in [-0.05, 0) is 43.4 Å². The van der Waals surface area contributed by atoms with Crippen molar-refractivity contribution < 1.29 is 19.4 Å². The molecule has 2 rings (SSSR count). The summed E-state index contributed by atoms with van der Waals surface area (Å²) in [6, 6.07) is 5.49. The van der Waals surface area contributed by atoms with Gasteiger partial charge in [0, 0.05) is 0 Å². The van der Waals surface area contributed by atoms with E-state index in [1.54, 1.807) is 13.2 Å². The maximum Gasteiger partial charge on any atom is 0.307 e. The Bertz CT molecular complexity index is 555. The monoisotopic (exact) mass is 291 g/mol. The molecule has 1 aliphatic carbocycles. The first kappa shape index (κ1) is 15.4. The molecule has 3 atom stereocenters. The van der Waals surface area contributed by atoms with Crippen LogP contribution in [0.3, 0.4) is 0 Å². The Balaban J connectivity index is 2.16. The number of ether oxygens (including phenoxy) is 1. The molecule has 1 aromatic rings. The number of aryl methyl sites for hydroxylation is 1. The second-order valence-corrected chi connectivity index (χ2v) is 5.82. The highest BCUT2D eigenvalue weighted by molar-refractivity contribution is 5.96. The molecule has 1 fully saturated rings. The fourth-order valence-corrected chi connectivity index (χ4v) is 2.98.